The Morgan fingerprint density at radius 1 is 1.43 bits per heavy atom. The number of aliphatic carboxylic acids is 1. The van der Waals surface area contributed by atoms with E-state index in [9.17, 15) is 9.59 Å². The Kier molecular flexibility index (Phi) is 2.78. The fourth-order valence-corrected chi connectivity index (χ4v) is 1.85. The van der Waals surface area contributed by atoms with Gasteiger partial charge in [-0.15, -0.1) is 0 Å². The van der Waals surface area contributed by atoms with Crippen LogP contribution >= 0.6 is 0 Å². The molecule has 0 saturated carbocycles. The first-order chi connectivity index (χ1) is 6.54. The molecule has 0 aromatic heterocycles. The van der Waals surface area contributed by atoms with E-state index in [2.05, 4.69) is 0 Å². The van der Waals surface area contributed by atoms with Crippen molar-refractivity contribution in [3.8, 4) is 0 Å². The number of carbonyl (C=O) groups is 2. The highest BCUT2D eigenvalue weighted by atomic mass is 16.4. The average molecular weight is 199 g/mol. The zero-order valence-electron chi connectivity index (χ0n) is 7.93. The van der Waals surface area contributed by atoms with Crippen molar-refractivity contribution in [3.05, 3.63) is 12.2 Å². The monoisotopic (exact) mass is 199 g/mol. The molecule has 1 unspecified atom stereocenters. The Labute approximate surface area is 81.6 Å². The van der Waals surface area contributed by atoms with Gasteiger partial charge in [-0.2, -0.15) is 0 Å². The number of likely N-dealkylation sites (tertiary alicyclic amines) is 1. The van der Waals surface area contributed by atoms with Gasteiger partial charge in [0, 0.05) is 6.54 Å². The lowest BCUT2D eigenvalue weighted by molar-refractivity contribution is -0.145. The smallest absolute Gasteiger partial charge is 0.408 e. The number of rotatable bonds is 2. The number of carboxylic acid groups (broad SMARTS) is 2. The van der Waals surface area contributed by atoms with E-state index in [-0.39, 0.29) is 6.54 Å². The molecule has 14 heavy (non-hydrogen) atoms. The summed E-state index contributed by atoms with van der Waals surface area (Å²) < 4.78 is 0. The van der Waals surface area contributed by atoms with E-state index in [0.29, 0.717) is 12.8 Å². The third-order valence-electron chi connectivity index (χ3n) is 2.46. The zero-order valence-corrected chi connectivity index (χ0v) is 7.93. The highest BCUT2D eigenvalue weighted by Crippen LogP contribution is 2.31. The van der Waals surface area contributed by atoms with Crippen molar-refractivity contribution in [2.45, 2.75) is 25.3 Å². The van der Waals surface area contributed by atoms with Crippen LogP contribution in [0.25, 0.3) is 0 Å². The molecule has 5 heteroatoms. The van der Waals surface area contributed by atoms with Crippen LogP contribution in [0.15, 0.2) is 12.2 Å². The van der Waals surface area contributed by atoms with Crippen molar-refractivity contribution < 1.29 is 19.8 Å². The van der Waals surface area contributed by atoms with Crippen LogP contribution in [0.1, 0.15) is 19.8 Å². The van der Waals surface area contributed by atoms with E-state index in [1.807, 2.05) is 0 Å². The Hall–Kier alpha value is -1.52. The summed E-state index contributed by atoms with van der Waals surface area (Å²) in [5, 5.41) is 17.9. The molecule has 78 valence electrons. The third-order valence-corrected chi connectivity index (χ3v) is 2.46. The summed E-state index contributed by atoms with van der Waals surface area (Å²) in [6.07, 6.45) is 2.77. The van der Waals surface area contributed by atoms with Gasteiger partial charge in [0.05, 0.1) is 0 Å². The number of hydrogen-bond acceptors (Lipinski definition) is 2. The van der Waals surface area contributed by atoms with Gasteiger partial charge < -0.3 is 10.2 Å². The number of allylic oxidation sites excluding steroid dienone is 1. The minimum Gasteiger partial charge on any atom is -0.479 e. The molecule has 0 aromatic rings. The molecule has 1 heterocycles. The number of carboxylic acids is 1. The maximum atomic E-state index is 11.1. The lowest BCUT2D eigenvalue weighted by Crippen LogP contribution is -2.51. The van der Waals surface area contributed by atoms with E-state index >= 15 is 0 Å². The Morgan fingerprint density at radius 3 is 2.50 bits per heavy atom. The summed E-state index contributed by atoms with van der Waals surface area (Å²) in [5.74, 6) is -1.10. The first-order valence-electron chi connectivity index (χ1n) is 4.42. The highest BCUT2D eigenvalue weighted by molar-refractivity contribution is 5.86. The molecule has 1 atom stereocenters. The van der Waals surface area contributed by atoms with Crippen molar-refractivity contribution in [3.63, 3.8) is 0 Å². The van der Waals surface area contributed by atoms with E-state index in [1.54, 1.807) is 13.0 Å². The topological polar surface area (TPSA) is 77.8 Å². The van der Waals surface area contributed by atoms with Gasteiger partial charge in [-0.05, 0) is 19.8 Å². The van der Waals surface area contributed by atoms with Crippen LogP contribution < -0.4 is 0 Å². The average Bonchev–Trinajstić information content (AvgIpc) is 2.50. The molecule has 0 spiro atoms. The van der Waals surface area contributed by atoms with Crippen LogP contribution in [0.5, 0.6) is 0 Å². The predicted octanol–water partition coefficient (Wildman–Crippen LogP) is 1.16. The third kappa shape index (κ3) is 1.45. The van der Waals surface area contributed by atoms with Crippen molar-refractivity contribution in [2.24, 2.45) is 0 Å². The van der Waals surface area contributed by atoms with Crippen LogP contribution in [0, 0.1) is 0 Å². The SMILES string of the molecule is C/C=C\C1(C(=O)O)CCCN1C(=O)O. The second-order valence-corrected chi connectivity index (χ2v) is 3.27. The molecular weight excluding hydrogens is 186 g/mol. The summed E-state index contributed by atoms with van der Waals surface area (Å²) in [5.41, 5.74) is -1.35. The highest BCUT2D eigenvalue weighted by Gasteiger charge is 2.48. The second-order valence-electron chi connectivity index (χ2n) is 3.27. The molecule has 1 aliphatic heterocycles. The minimum atomic E-state index is -1.35. The first kappa shape index (κ1) is 10.6. The molecule has 1 aliphatic rings. The molecule has 1 rings (SSSR count). The normalized spacial score (nSPS) is 27.1. The van der Waals surface area contributed by atoms with Gasteiger partial charge >= 0.3 is 12.1 Å². The summed E-state index contributed by atoms with van der Waals surface area (Å²) in [7, 11) is 0. The summed E-state index contributed by atoms with van der Waals surface area (Å²) in [6.45, 7) is 1.97. The zero-order chi connectivity index (χ0) is 10.8. The number of nitrogens with zero attached hydrogens (tertiary/aromatic N) is 1. The van der Waals surface area contributed by atoms with Crippen molar-refractivity contribution in [1.82, 2.24) is 4.90 Å². The largest absolute Gasteiger partial charge is 0.479 e. The summed E-state index contributed by atoms with van der Waals surface area (Å²) in [6, 6.07) is 0. The first-order valence-corrected chi connectivity index (χ1v) is 4.42. The van der Waals surface area contributed by atoms with Gasteiger partial charge in [0.2, 0.25) is 0 Å². The van der Waals surface area contributed by atoms with E-state index in [4.69, 9.17) is 10.2 Å². The Bertz CT molecular complexity index is 287. The van der Waals surface area contributed by atoms with Crippen LogP contribution in [0.4, 0.5) is 4.79 Å². The van der Waals surface area contributed by atoms with Crippen LogP contribution in [-0.2, 0) is 4.79 Å². The maximum absolute atomic E-state index is 11.1. The van der Waals surface area contributed by atoms with Gasteiger partial charge in [0.25, 0.3) is 0 Å². The summed E-state index contributed by atoms with van der Waals surface area (Å²) >= 11 is 0. The van der Waals surface area contributed by atoms with Crippen LogP contribution in [-0.4, -0.2) is 39.3 Å². The molecule has 2 N–H and O–H groups in total. The maximum Gasteiger partial charge on any atom is 0.408 e. The molecule has 5 nitrogen and oxygen atoms in total. The number of hydrogen-bond donors (Lipinski definition) is 2. The van der Waals surface area contributed by atoms with Gasteiger partial charge in [-0.25, -0.2) is 9.59 Å². The molecule has 0 radical (unpaired) electrons. The molecular formula is C9H13NO4. The minimum absolute atomic E-state index is 0.284. The summed E-state index contributed by atoms with van der Waals surface area (Å²) in [4.78, 5) is 22.9. The second kappa shape index (κ2) is 3.69. The van der Waals surface area contributed by atoms with E-state index in [1.165, 1.54) is 6.08 Å². The lowest BCUT2D eigenvalue weighted by atomic mass is 9.96. The Balaban J connectivity index is 3.07. The fraction of sp³-hybridized carbons (Fsp3) is 0.556. The molecule has 1 saturated heterocycles. The van der Waals surface area contributed by atoms with E-state index in [0.717, 1.165) is 4.90 Å². The van der Waals surface area contributed by atoms with Crippen molar-refractivity contribution in [2.75, 3.05) is 6.54 Å². The lowest BCUT2D eigenvalue weighted by Gasteiger charge is -2.29. The van der Waals surface area contributed by atoms with Gasteiger partial charge in [0.15, 0.2) is 5.54 Å². The van der Waals surface area contributed by atoms with Crippen LogP contribution in [0.3, 0.4) is 0 Å². The van der Waals surface area contributed by atoms with Gasteiger partial charge in [-0.3, -0.25) is 4.90 Å². The predicted molar refractivity (Wildman–Crippen MR) is 49.1 cm³/mol. The van der Waals surface area contributed by atoms with Gasteiger partial charge in [-0.1, -0.05) is 12.2 Å². The van der Waals surface area contributed by atoms with Crippen LogP contribution in [0.2, 0.25) is 0 Å². The molecule has 1 amide bonds. The van der Waals surface area contributed by atoms with E-state index < -0.39 is 17.6 Å². The van der Waals surface area contributed by atoms with Crippen molar-refractivity contribution in [1.29, 1.82) is 0 Å². The number of amides is 1. The molecule has 1 fully saturated rings. The molecule has 0 aromatic carbocycles. The van der Waals surface area contributed by atoms with Gasteiger partial charge in [0.1, 0.15) is 0 Å². The fourth-order valence-electron chi connectivity index (χ4n) is 1.85. The standard InChI is InChI=1S/C9H13NO4/c1-2-4-9(7(11)12)5-3-6-10(9)8(13)14/h2,4H,3,5-6H2,1H3,(H,11,12)(H,13,14)/b4-2-. The molecule has 0 bridgehead atoms. The quantitative estimate of drug-likeness (QED) is 0.654. The Morgan fingerprint density at radius 2 is 2.07 bits per heavy atom. The molecule has 0 aliphatic carbocycles. The van der Waals surface area contributed by atoms with Crippen molar-refractivity contribution >= 4 is 12.1 Å².